The van der Waals surface area contributed by atoms with Crippen molar-refractivity contribution >= 4 is 5.78 Å². The third-order valence-corrected chi connectivity index (χ3v) is 1.96. The first-order valence-corrected chi connectivity index (χ1v) is 4.69. The van der Waals surface area contributed by atoms with Gasteiger partial charge in [0.25, 0.3) is 0 Å². The summed E-state index contributed by atoms with van der Waals surface area (Å²) in [7, 11) is 0. The molecule has 1 nitrogen and oxygen atoms in total. The van der Waals surface area contributed by atoms with Gasteiger partial charge in [0.05, 0.1) is 0 Å². The maximum Gasteiger partial charge on any atom is 0.155 e. The Bertz CT molecular complexity index is 192. The molecule has 1 heteroatoms. The van der Waals surface area contributed by atoms with E-state index in [-0.39, 0.29) is 5.41 Å². The molecule has 0 aromatic heterocycles. The number of allylic oxidation sites excluding steroid dienone is 2. The van der Waals surface area contributed by atoms with Crippen LogP contribution in [0.3, 0.4) is 0 Å². The zero-order valence-corrected chi connectivity index (χ0v) is 8.26. The number of hydrogen-bond donors (Lipinski definition) is 0. The SMILES string of the molecule is CC(C)(C)/C=C/C(=O)CC1CC1. The Balaban J connectivity index is 2.28. The molecule has 0 amide bonds. The van der Waals surface area contributed by atoms with Crippen LogP contribution in [-0.2, 0) is 4.79 Å². The van der Waals surface area contributed by atoms with Crippen LogP contribution in [0.4, 0.5) is 0 Å². The maximum atomic E-state index is 11.3. The van der Waals surface area contributed by atoms with Crippen LogP contribution >= 0.6 is 0 Å². The number of carbonyl (C=O) groups is 1. The number of carbonyl (C=O) groups excluding carboxylic acids is 1. The largest absolute Gasteiger partial charge is 0.295 e. The normalized spacial score (nSPS) is 18.6. The van der Waals surface area contributed by atoms with Crippen LogP contribution < -0.4 is 0 Å². The maximum absolute atomic E-state index is 11.3. The van der Waals surface area contributed by atoms with Gasteiger partial charge < -0.3 is 0 Å². The van der Waals surface area contributed by atoms with Crippen LogP contribution in [0.15, 0.2) is 12.2 Å². The van der Waals surface area contributed by atoms with Gasteiger partial charge in [0.2, 0.25) is 0 Å². The van der Waals surface area contributed by atoms with E-state index in [9.17, 15) is 4.79 Å². The third-order valence-electron chi connectivity index (χ3n) is 1.96. The van der Waals surface area contributed by atoms with E-state index in [4.69, 9.17) is 0 Å². The zero-order chi connectivity index (χ0) is 9.19. The quantitative estimate of drug-likeness (QED) is 0.589. The topological polar surface area (TPSA) is 17.1 Å². The van der Waals surface area contributed by atoms with E-state index >= 15 is 0 Å². The first-order chi connectivity index (χ1) is 5.47. The van der Waals surface area contributed by atoms with Crippen LogP contribution in [-0.4, -0.2) is 5.78 Å². The van der Waals surface area contributed by atoms with Gasteiger partial charge >= 0.3 is 0 Å². The van der Waals surface area contributed by atoms with Crippen LogP contribution in [0.1, 0.15) is 40.0 Å². The molecule has 1 saturated carbocycles. The summed E-state index contributed by atoms with van der Waals surface area (Å²) in [5.74, 6) is 1.01. The average molecular weight is 166 g/mol. The second-order valence-electron chi connectivity index (χ2n) is 4.81. The second-order valence-corrected chi connectivity index (χ2v) is 4.81. The first kappa shape index (κ1) is 9.50. The lowest BCUT2D eigenvalue weighted by Crippen LogP contribution is -2.01. The van der Waals surface area contributed by atoms with Gasteiger partial charge in [-0.3, -0.25) is 4.79 Å². The van der Waals surface area contributed by atoms with Gasteiger partial charge in [-0.1, -0.05) is 26.8 Å². The summed E-state index contributed by atoms with van der Waals surface area (Å²) < 4.78 is 0. The summed E-state index contributed by atoms with van der Waals surface area (Å²) in [6.07, 6.45) is 7.03. The molecular formula is C11H18O. The van der Waals surface area contributed by atoms with Crippen molar-refractivity contribution in [1.29, 1.82) is 0 Å². The van der Waals surface area contributed by atoms with E-state index in [0.29, 0.717) is 11.7 Å². The molecule has 0 aromatic rings. The molecule has 0 N–H and O–H groups in total. The molecule has 0 radical (unpaired) electrons. The fourth-order valence-corrected chi connectivity index (χ4v) is 1.02. The van der Waals surface area contributed by atoms with Gasteiger partial charge in [-0.15, -0.1) is 0 Å². The monoisotopic (exact) mass is 166 g/mol. The minimum Gasteiger partial charge on any atom is -0.295 e. The molecule has 0 atom stereocenters. The Hall–Kier alpha value is -0.590. The Morgan fingerprint density at radius 3 is 2.42 bits per heavy atom. The highest BCUT2D eigenvalue weighted by molar-refractivity contribution is 5.90. The number of ketones is 1. The molecule has 1 aliphatic carbocycles. The predicted molar refractivity (Wildman–Crippen MR) is 50.9 cm³/mol. The standard InChI is InChI=1S/C11H18O/c1-11(2,3)7-6-10(12)8-9-4-5-9/h6-7,9H,4-5,8H2,1-3H3/b7-6+. The zero-order valence-electron chi connectivity index (χ0n) is 8.26. The van der Waals surface area contributed by atoms with Crippen LogP contribution in [0.5, 0.6) is 0 Å². The van der Waals surface area contributed by atoms with Crippen LogP contribution in [0, 0.1) is 11.3 Å². The average Bonchev–Trinajstić information content (AvgIpc) is 2.66. The predicted octanol–water partition coefficient (Wildman–Crippen LogP) is 2.96. The first-order valence-electron chi connectivity index (χ1n) is 4.69. The highest BCUT2D eigenvalue weighted by Crippen LogP contribution is 2.32. The van der Waals surface area contributed by atoms with E-state index < -0.39 is 0 Å². The highest BCUT2D eigenvalue weighted by atomic mass is 16.1. The van der Waals surface area contributed by atoms with Crippen molar-refractivity contribution in [3.05, 3.63) is 12.2 Å². The molecule has 12 heavy (non-hydrogen) atoms. The lowest BCUT2D eigenvalue weighted by atomic mass is 9.95. The minimum absolute atomic E-state index is 0.138. The highest BCUT2D eigenvalue weighted by Gasteiger charge is 2.23. The summed E-state index contributed by atoms with van der Waals surface area (Å²) in [6, 6.07) is 0. The Morgan fingerprint density at radius 1 is 1.42 bits per heavy atom. The number of hydrogen-bond acceptors (Lipinski definition) is 1. The third kappa shape index (κ3) is 4.32. The van der Waals surface area contributed by atoms with Gasteiger partial charge in [-0.25, -0.2) is 0 Å². The molecule has 1 fully saturated rings. The molecule has 68 valence electrons. The Labute approximate surface area is 74.9 Å². The van der Waals surface area contributed by atoms with Gasteiger partial charge in [-0.2, -0.15) is 0 Å². The number of rotatable bonds is 3. The van der Waals surface area contributed by atoms with Gasteiger partial charge in [0.1, 0.15) is 0 Å². The summed E-state index contributed by atoms with van der Waals surface area (Å²) >= 11 is 0. The van der Waals surface area contributed by atoms with Gasteiger partial charge in [-0.05, 0) is 30.3 Å². The van der Waals surface area contributed by atoms with E-state index in [2.05, 4.69) is 20.8 Å². The van der Waals surface area contributed by atoms with Crippen molar-refractivity contribution in [1.82, 2.24) is 0 Å². The molecule has 0 saturated heterocycles. The van der Waals surface area contributed by atoms with Crippen molar-refractivity contribution < 1.29 is 4.79 Å². The second kappa shape index (κ2) is 3.42. The fourth-order valence-electron chi connectivity index (χ4n) is 1.02. The van der Waals surface area contributed by atoms with Crippen molar-refractivity contribution in [2.24, 2.45) is 11.3 Å². The molecule has 0 aliphatic heterocycles. The van der Waals surface area contributed by atoms with Crippen molar-refractivity contribution in [3.8, 4) is 0 Å². The summed E-state index contributed by atoms with van der Waals surface area (Å²) in [6.45, 7) is 6.32. The molecule has 0 bridgehead atoms. The van der Waals surface area contributed by atoms with E-state index in [0.717, 1.165) is 6.42 Å². The Morgan fingerprint density at radius 2 is 2.00 bits per heavy atom. The van der Waals surface area contributed by atoms with E-state index in [1.165, 1.54) is 12.8 Å². The van der Waals surface area contributed by atoms with E-state index in [1.807, 2.05) is 6.08 Å². The summed E-state index contributed by atoms with van der Waals surface area (Å²) in [4.78, 5) is 11.3. The van der Waals surface area contributed by atoms with Crippen molar-refractivity contribution in [2.45, 2.75) is 40.0 Å². The van der Waals surface area contributed by atoms with E-state index in [1.54, 1.807) is 6.08 Å². The Kier molecular flexibility index (Phi) is 2.71. The lowest BCUT2D eigenvalue weighted by Gasteiger charge is -2.10. The van der Waals surface area contributed by atoms with Gasteiger partial charge in [0.15, 0.2) is 5.78 Å². The molecule has 0 aromatic carbocycles. The molecule has 1 rings (SSSR count). The molecular weight excluding hydrogens is 148 g/mol. The molecule has 0 heterocycles. The molecule has 1 aliphatic rings. The van der Waals surface area contributed by atoms with Crippen LogP contribution in [0.25, 0.3) is 0 Å². The molecule has 0 unspecified atom stereocenters. The minimum atomic E-state index is 0.138. The summed E-state index contributed by atoms with van der Waals surface area (Å²) in [5.41, 5.74) is 0.138. The lowest BCUT2D eigenvalue weighted by molar-refractivity contribution is -0.114. The van der Waals surface area contributed by atoms with Gasteiger partial charge in [0, 0.05) is 6.42 Å². The van der Waals surface area contributed by atoms with Crippen molar-refractivity contribution in [3.63, 3.8) is 0 Å². The summed E-state index contributed by atoms with van der Waals surface area (Å²) in [5, 5.41) is 0. The smallest absolute Gasteiger partial charge is 0.155 e. The van der Waals surface area contributed by atoms with Crippen LogP contribution in [0.2, 0.25) is 0 Å². The fraction of sp³-hybridized carbons (Fsp3) is 0.727. The molecule has 0 spiro atoms. The van der Waals surface area contributed by atoms with Crippen molar-refractivity contribution in [2.75, 3.05) is 0 Å².